The van der Waals surface area contributed by atoms with Crippen molar-refractivity contribution in [1.29, 1.82) is 0 Å². The molecular weight excluding hydrogens is 428 g/mol. The molecular formula is C20H23BrN2O3S. The fraction of sp³-hybridized carbons (Fsp3) is 0.300. The SMILES string of the molecule is CCOc1cc(OCC)cc(C(=O)NC(=S)Nc2c(C)cc(Br)cc2C)c1. The van der Waals surface area contributed by atoms with Crippen LogP contribution >= 0.6 is 28.1 Å². The molecule has 0 unspecified atom stereocenters. The van der Waals surface area contributed by atoms with E-state index in [1.807, 2.05) is 39.8 Å². The molecule has 0 saturated carbocycles. The molecule has 2 rings (SSSR count). The van der Waals surface area contributed by atoms with Crippen molar-refractivity contribution in [2.75, 3.05) is 18.5 Å². The molecule has 144 valence electrons. The normalized spacial score (nSPS) is 10.3. The van der Waals surface area contributed by atoms with Gasteiger partial charge in [0.05, 0.1) is 13.2 Å². The van der Waals surface area contributed by atoms with Gasteiger partial charge in [-0.1, -0.05) is 15.9 Å². The number of nitrogens with one attached hydrogen (secondary N) is 2. The van der Waals surface area contributed by atoms with Crippen LogP contribution in [0, 0.1) is 13.8 Å². The number of hydrogen-bond donors (Lipinski definition) is 2. The second kappa shape index (κ2) is 9.71. The first kappa shape index (κ1) is 21.2. The van der Waals surface area contributed by atoms with Gasteiger partial charge in [-0.15, -0.1) is 0 Å². The van der Waals surface area contributed by atoms with Crippen LogP contribution in [-0.4, -0.2) is 24.2 Å². The van der Waals surface area contributed by atoms with E-state index in [0.717, 1.165) is 21.3 Å². The predicted molar refractivity (Wildman–Crippen MR) is 116 cm³/mol. The van der Waals surface area contributed by atoms with Crippen molar-refractivity contribution in [3.8, 4) is 11.5 Å². The van der Waals surface area contributed by atoms with Gasteiger partial charge in [-0.2, -0.15) is 0 Å². The summed E-state index contributed by atoms with van der Waals surface area (Å²) in [6.07, 6.45) is 0. The Morgan fingerprint density at radius 2 is 1.52 bits per heavy atom. The van der Waals surface area contributed by atoms with Crippen LogP contribution in [0.25, 0.3) is 0 Å². The van der Waals surface area contributed by atoms with Crippen LogP contribution in [0.1, 0.15) is 35.3 Å². The van der Waals surface area contributed by atoms with Crippen LogP contribution in [0.3, 0.4) is 0 Å². The first-order chi connectivity index (χ1) is 12.8. The van der Waals surface area contributed by atoms with Gasteiger partial charge in [-0.3, -0.25) is 10.1 Å². The molecule has 0 spiro atoms. The lowest BCUT2D eigenvalue weighted by Gasteiger charge is -2.15. The molecule has 2 aromatic rings. The van der Waals surface area contributed by atoms with Gasteiger partial charge in [0.2, 0.25) is 0 Å². The number of carbonyl (C=O) groups excluding carboxylic acids is 1. The van der Waals surface area contributed by atoms with E-state index in [0.29, 0.717) is 30.3 Å². The summed E-state index contributed by atoms with van der Waals surface area (Å²) >= 11 is 8.78. The number of ether oxygens (including phenoxy) is 2. The first-order valence-corrected chi connectivity index (χ1v) is 9.84. The summed E-state index contributed by atoms with van der Waals surface area (Å²) in [6, 6.07) is 9.06. The summed E-state index contributed by atoms with van der Waals surface area (Å²) in [5, 5.41) is 6.04. The topological polar surface area (TPSA) is 59.6 Å². The number of aryl methyl sites for hydroxylation is 2. The first-order valence-electron chi connectivity index (χ1n) is 8.63. The van der Waals surface area contributed by atoms with E-state index in [1.165, 1.54) is 0 Å². The van der Waals surface area contributed by atoms with Crippen molar-refractivity contribution in [2.45, 2.75) is 27.7 Å². The number of hydrogen-bond acceptors (Lipinski definition) is 4. The number of thiocarbonyl (C=S) groups is 1. The van der Waals surface area contributed by atoms with Crippen molar-refractivity contribution in [2.24, 2.45) is 0 Å². The van der Waals surface area contributed by atoms with Crippen LogP contribution < -0.4 is 20.1 Å². The summed E-state index contributed by atoms with van der Waals surface area (Å²) in [6.45, 7) is 8.72. The van der Waals surface area contributed by atoms with Gasteiger partial charge in [0.15, 0.2) is 5.11 Å². The Kier molecular flexibility index (Phi) is 7.62. The Bertz CT molecular complexity index is 808. The Hall–Kier alpha value is -2.12. The number of benzene rings is 2. The minimum absolute atomic E-state index is 0.230. The van der Waals surface area contributed by atoms with Crippen molar-refractivity contribution >= 4 is 44.9 Å². The Labute approximate surface area is 173 Å². The molecule has 0 aliphatic heterocycles. The average molecular weight is 451 g/mol. The van der Waals surface area contributed by atoms with Crippen LogP contribution in [0.5, 0.6) is 11.5 Å². The van der Waals surface area contributed by atoms with E-state index in [9.17, 15) is 4.79 Å². The van der Waals surface area contributed by atoms with Gasteiger partial charge >= 0.3 is 0 Å². The van der Waals surface area contributed by atoms with Gasteiger partial charge in [-0.25, -0.2) is 0 Å². The highest BCUT2D eigenvalue weighted by Gasteiger charge is 2.13. The van der Waals surface area contributed by atoms with Gasteiger partial charge in [0.25, 0.3) is 5.91 Å². The lowest BCUT2D eigenvalue weighted by molar-refractivity contribution is 0.0976. The van der Waals surface area contributed by atoms with Gasteiger partial charge in [0.1, 0.15) is 11.5 Å². The third kappa shape index (κ3) is 5.94. The highest BCUT2D eigenvalue weighted by molar-refractivity contribution is 9.10. The molecule has 2 N–H and O–H groups in total. The fourth-order valence-corrected chi connectivity index (χ4v) is 3.51. The van der Waals surface area contributed by atoms with Crippen LogP contribution in [0.2, 0.25) is 0 Å². The third-order valence-electron chi connectivity index (χ3n) is 3.73. The molecule has 0 aliphatic carbocycles. The number of amides is 1. The van der Waals surface area contributed by atoms with E-state index in [-0.39, 0.29) is 11.0 Å². The summed E-state index contributed by atoms with van der Waals surface area (Å²) in [5.41, 5.74) is 3.34. The predicted octanol–water partition coefficient (Wildman–Crippen LogP) is 4.99. The molecule has 1 amide bonds. The zero-order valence-electron chi connectivity index (χ0n) is 15.8. The van der Waals surface area contributed by atoms with E-state index in [2.05, 4.69) is 26.6 Å². The maximum atomic E-state index is 12.6. The van der Waals surface area contributed by atoms with Crippen molar-refractivity contribution in [1.82, 2.24) is 5.32 Å². The molecule has 2 aromatic carbocycles. The van der Waals surface area contributed by atoms with Crippen molar-refractivity contribution in [3.05, 3.63) is 51.5 Å². The van der Waals surface area contributed by atoms with E-state index in [4.69, 9.17) is 21.7 Å². The summed E-state index contributed by atoms with van der Waals surface area (Å²) in [5.74, 6) is 0.821. The van der Waals surface area contributed by atoms with Crippen LogP contribution in [0.4, 0.5) is 5.69 Å². The summed E-state index contributed by atoms with van der Waals surface area (Å²) < 4.78 is 12.0. The van der Waals surface area contributed by atoms with Crippen molar-refractivity contribution < 1.29 is 14.3 Å². The summed E-state index contributed by atoms with van der Waals surface area (Å²) in [4.78, 5) is 12.6. The zero-order valence-corrected chi connectivity index (χ0v) is 18.2. The quantitative estimate of drug-likeness (QED) is 0.606. The largest absolute Gasteiger partial charge is 0.494 e. The van der Waals surface area contributed by atoms with E-state index >= 15 is 0 Å². The molecule has 0 bridgehead atoms. The molecule has 0 saturated heterocycles. The van der Waals surface area contributed by atoms with Gasteiger partial charge in [-0.05, 0) is 75.3 Å². The number of rotatable bonds is 6. The van der Waals surface area contributed by atoms with Crippen molar-refractivity contribution in [3.63, 3.8) is 0 Å². The standard InChI is InChI=1S/C20H23BrN2O3S/c1-5-25-16-9-14(10-17(11-16)26-6-2)19(24)23-20(27)22-18-12(3)7-15(21)8-13(18)4/h7-11H,5-6H2,1-4H3,(H2,22,23,24,27). The van der Waals surface area contributed by atoms with E-state index < -0.39 is 0 Å². The monoisotopic (exact) mass is 450 g/mol. The van der Waals surface area contributed by atoms with Gasteiger partial charge in [0, 0.05) is 21.8 Å². The molecule has 7 heteroatoms. The molecule has 0 radical (unpaired) electrons. The molecule has 5 nitrogen and oxygen atoms in total. The Morgan fingerprint density at radius 1 is 1.00 bits per heavy atom. The maximum Gasteiger partial charge on any atom is 0.257 e. The highest BCUT2D eigenvalue weighted by Crippen LogP contribution is 2.25. The summed E-state index contributed by atoms with van der Waals surface area (Å²) in [7, 11) is 0. The second-order valence-electron chi connectivity index (χ2n) is 5.88. The van der Waals surface area contributed by atoms with Crippen LogP contribution in [-0.2, 0) is 0 Å². The highest BCUT2D eigenvalue weighted by atomic mass is 79.9. The minimum atomic E-state index is -0.331. The van der Waals surface area contributed by atoms with Crippen LogP contribution in [0.15, 0.2) is 34.8 Å². The Morgan fingerprint density at radius 3 is 2.00 bits per heavy atom. The lowest BCUT2D eigenvalue weighted by atomic mass is 10.1. The smallest absolute Gasteiger partial charge is 0.257 e. The number of carbonyl (C=O) groups is 1. The lowest BCUT2D eigenvalue weighted by Crippen LogP contribution is -2.34. The third-order valence-corrected chi connectivity index (χ3v) is 4.39. The van der Waals surface area contributed by atoms with E-state index in [1.54, 1.807) is 18.2 Å². The zero-order chi connectivity index (χ0) is 20.0. The molecule has 0 fully saturated rings. The van der Waals surface area contributed by atoms with Gasteiger partial charge < -0.3 is 14.8 Å². The maximum absolute atomic E-state index is 12.6. The fourth-order valence-electron chi connectivity index (χ4n) is 2.63. The number of anilines is 1. The molecule has 0 aliphatic rings. The minimum Gasteiger partial charge on any atom is -0.494 e. The molecule has 0 atom stereocenters. The molecule has 0 heterocycles. The molecule has 0 aromatic heterocycles. The second-order valence-corrected chi connectivity index (χ2v) is 7.21. The number of halogens is 1. The Balaban J connectivity index is 2.15. The average Bonchev–Trinajstić information content (AvgIpc) is 2.58. The molecule has 27 heavy (non-hydrogen) atoms.